The highest BCUT2D eigenvalue weighted by molar-refractivity contribution is 6.18. The number of benzene rings is 3. The second kappa shape index (κ2) is 12.5. The Labute approximate surface area is 238 Å². The molecule has 0 saturated heterocycles. The van der Waals surface area contributed by atoms with Crippen LogP contribution in [0.1, 0.15) is 49.7 Å². The van der Waals surface area contributed by atoms with Crippen LogP contribution in [0.25, 0.3) is 6.08 Å². The largest absolute Gasteiger partial charge is 0.496 e. The Balaban J connectivity index is 2.11. The molecule has 0 saturated carbocycles. The van der Waals surface area contributed by atoms with Crippen LogP contribution in [-0.2, 0) is 19.8 Å². The van der Waals surface area contributed by atoms with Crippen LogP contribution in [0.5, 0.6) is 34.5 Å². The van der Waals surface area contributed by atoms with Crippen molar-refractivity contribution < 1.29 is 48.5 Å². The number of aliphatic hydroxyl groups excluding tert-OH is 3. The van der Waals surface area contributed by atoms with Gasteiger partial charge in [0.1, 0.15) is 5.75 Å². The van der Waals surface area contributed by atoms with E-state index >= 15 is 0 Å². The molecule has 0 aromatic heterocycles. The summed E-state index contributed by atoms with van der Waals surface area (Å²) < 4.78 is 33.5. The topological polar surface area (TPSA) is 133 Å². The summed E-state index contributed by atoms with van der Waals surface area (Å²) in [5.74, 6) is 1.19. The summed E-state index contributed by atoms with van der Waals surface area (Å²) in [6.07, 6.45) is 1.71. The van der Waals surface area contributed by atoms with Crippen molar-refractivity contribution in [3.63, 3.8) is 0 Å². The van der Waals surface area contributed by atoms with Crippen LogP contribution in [0.4, 0.5) is 0 Å². The number of ether oxygens (including phenoxy) is 6. The number of allylic oxidation sites excluding steroid dienone is 1. The zero-order valence-electron chi connectivity index (χ0n) is 23.9. The number of fused-ring (bicyclic) bond motifs is 1. The molecule has 0 heterocycles. The van der Waals surface area contributed by atoms with Crippen molar-refractivity contribution in [1.82, 2.24) is 0 Å². The molecule has 1 unspecified atom stereocenters. The zero-order valence-corrected chi connectivity index (χ0v) is 23.9. The van der Waals surface area contributed by atoms with E-state index in [-0.39, 0.29) is 18.1 Å². The van der Waals surface area contributed by atoms with Gasteiger partial charge in [0.2, 0.25) is 5.75 Å². The van der Waals surface area contributed by atoms with E-state index in [2.05, 4.69) is 0 Å². The molecule has 1 atom stereocenters. The van der Waals surface area contributed by atoms with Gasteiger partial charge >= 0.3 is 0 Å². The molecule has 41 heavy (non-hydrogen) atoms. The molecular weight excluding hydrogens is 532 g/mol. The number of carbonyl (C=O) groups excluding carboxylic acids is 1. The molecule has 0 amide bonds. The third kappa shape index (κ3) is 4.94. The maximum absolute atomic E-state index is 14.2. The molecule has 10 nitrogen and oxygen atoms in total. The fraction of sp³-hybridized carbons (Fsp3) is 0.323. The van der Waals surface area contributed by atoms with Crippen molar-refractivity contribution in [3.8, 4) is 34.5 Å². The highest BCUT2D eigenvalue weighted by Gasteiger charge is 2.41. The molecular formula is C31H34O10. The number of carbonyl (C=O) groups is 1. The summed E-state index contributed by atoms with van der Waals surface area (Å²) in [6.45, 7) is -1.15. The van der Waals surface area contributed by atoms with E-state index in [1.54, 1.807) is 36.4 Å². The Hall–Kier alpha value is -4.25. The number of hydrogen-bond donors (Lipinski definition) is 3. The first-order valence-electron chi connectivity index (χ1n) is 12.7. The van der Waals surface area contributed by atoms with Crippen LogP contribution in [0.15, 0.2) is 35.9 Å². The van der Waals surface area contributed by atoms with Crippen LogP contribution in [-0.4, -0.2) is 63.8 Å². The zero-order chi connectivity index (χ0) is 29.8. The van der Waals surface area contributed by atoms with Crippen molar-refractivity contribution in [1.29, 1.82) is 0 Å². The smallest absolute Gasteiger partial charge is 0.203 e. The quantitative estimate of drug-likeness (QED) is 0.296. The maximum atomic E-state index is 14.2. The molecule has 0 fully saturated rings. The molecule has 0 bridgehead atoms. The predicted octanol–water partition coefficient (Wildman–Crippen LogP) is 3.63. The van der Waals surface area contributed by atoms with E-state index in [9.17, 15) is 20.1 Å². The van der Waals surface area contributed by atoms with Crippen LogP contribution in [0, 0.1) is 0 Å². The molecule has 1 aliphatic carbocycles. The lowest BCUT2D eigenvalue weighted by molar-refractivity contribution is 0.103. The summed E-state index contributed by atoms with van der Waals surface area (Å²) in [7, 11) is 8.92. The minimum absolute atomic E-state index is 0.287. The van der Waals surface area contributed by atoms with Crippen LogP contribution in [0.2, 0.25) is 0 Å². The van der Waals surface area contributed by atoms with E-state index in [4.69, 9.17) is 28.4 Å². The van der Waals surface area contributed by atoms with Crippen molar-refractivity contribution in [2.75, 3.05) is 42.7 Å². The molecule has 0 radical (unpaired) electrons. The first-order chi connectivity index (χ1) is 19.9. The van der Waals surface area contributed by atoms with Crippen molar-refractivity contribution in [2.45, 2.75) is 25.7 Å². The van der Waals surface area contributed by atoms with E-state index < -0.39 is 19.1 Å². The number of rotatable bonds is 11. The fourth-order valence-corrected chi connectivity index (χ4v) is 5.49. The summed E-state index contributed by atoms with van der Waals surface area (Å²) in [6, 6.07) is 8.53. The average molecular weight is 567 g/mol. The van der Waals surface area contributed by atoms with Gasteiger partial charge in [0.15, 0.2) is 28.8 Å². The van der Waals surface area contributed by atoms with Gasteiger partial charge in [-0.15, -0.1) is 0 Å². The van der Waals surface area contributed by atoms with Crippen LogP contribution < -0.4 is 28.4 Å². The Bertz CT molecular complexity index is 1470. The number of methoxy groups -OCH3 is 6. The van der Waals surface area contributed by atoms with Gasteiger partial charge in [-0.25, -0.2) is 0 Å². The molecule has 1 aliphatic rings. The molecule has 0 spiro atoms. The molecule has 3 aromatic rings. The normalized spacial score (nSPS) is 15.1. The average Bonchev–Trinajstić information content (AvgIpc) is 3.28. The minimum Gasteiger partial charge on any atom is -0.496 e. The van der Waals surface area contributed by atoms with Gasteiger partial charge in [-0.1, -0.05) is 0 Å². The van der Waals surface area contributed by atoms with Crippen molar-refractivity contribution in [3.05, 3.63) is 74.8 Å². The Morgan fingerprint density at radius 1 is 0.683 bits per heavy atom. The van der Waals surface area contributed by atoms with Crippen molar-refractivity contribution in [2.24, 2.45) is 0 Å². The number of Topliss-reactive ketones (excluding diaryl/α,β-unsaturated/α-hetero) is 1. The highest BCUT2D eigenvalue weighted by Crippen LogP contribution is 2.52. The second-order valence-electron chi connectivity index (χ2n) is 9.18. The SMILES string of the molecule is COc1cc(C2/C(=C/c3ccc(OC)c(OC)c3OC)C(=O)c3cc(CO)c(CO)c(OC)c32)cc(CO)c1OC. The fourth-order valence-electron chi connectivity index (χ4n) is 5.49. The Kier molecular flexibility index (Phi) is 9.07. The van der Waals surface area contributed by atoms with E-state index in [0.717, 1.165) is 0 Å². The van der Waals surface area contributed by atoms with Gasteiger partial charge in [-0.05, 0) is 47.5 Å². The summed E-state index contributed by atoms with van der Waals surface area (Å²) in [4.78, 5) is 14.2. The molecule has 3 aromatic carbocycles. The third-order valence-corrected chi connectivity index (χ3v) is 7.28. The Morgan fingerprint density at radius 2 is 1.32 bits per heavy atom. The molecule has 10 heteroatoms. The minimum atomic E-state index is -0.714. The van der Waals surface area contributed by atoms with E-state index in [0.29, 0.717) is 73.3 Å². The molecule has 0 aliphatic heterocycles. The number of aliphatic hydroxyl groups is 3. The van der Waals surface area contributed by atoms with Gasteiger partial charge in [-0.3, -0.25) is 4.79 Å². The van der Waals surface area contributed by atoms with Crippen molar-refractivity contribution >= 4 is 11.9 Å². The first kappa shape index (κ1) is 29.7. The number of hydrogen-bond acceptors (Lipinski definition) is 10. The lowest BCUT2D eigenvalue weighted by Gasteiger charge is -2.22. The molecule has 218 valence electrons. The van der Waals surface area contributed by atoms with E-state index in [1.807, 2.05) is 0 Å². The molecule has 3 N–H and O–H groups in total. The Morgan fingerprint density at radius 3 is 1.85 bits per heavy atom. The van der Waals surface area contributed by atoms with E-state index in [1.165, 1.54) is 42.7 Å². The monoisotopic (exact) mass is 566 g/mol. The maximum Gasteiger partial charge on any atom is 0.203 e. The summed E-state index contributed by atoms with van der Waals surface area (Å²) >= 11 is 0. The first-order valence-corrected chi connectivity index (χ1v) is 12.7. The van der Waals surface area contributed by atoms with Gasteiger partial charge in [0.05, 0.1) is 62.5 Å². The summed E-state index contributed by atoms with van der Waals surface area (Å²) in [5, 5.41) is 30.4. The number of ketones is 1. The second-order valence-corrected chi connectivity index (χ2v) is 9.18. The van der Waals surface area contributed by atoms with Crippen LogP contribution in [0.3, 0.4) is 0 Å². The predicted molar refractivity (Wildman–Crippen MR) is 151 cm³/mol. The van der Waals surface area contributed by atoms with Crippen LogP contribution >= 0.6 is 0 Å². The summed E-state index contributed by atoms with van der Waals surface area (Å²) in [5.41, 5.74) is 3.57. The van der Waals surface area contributed by atoms with Gasteiger partial charge in [-0.2, -0.15) is 0 Å². The van der Waals surface area contributed by atoms with Gasteiger partial charge < -0.3 is 43.7 Å². The lowest BCUT2D eigenvalue weighted by Crippen LogP contribution is -2.08. The van der Waals surface area contributed by atoms with Gasteiger partial charge in [0.25, 0.3) is 0 Å². The molecule has 4 rings (SSSR count). The highest BCUT2D eigenvalue weighted by atomic mass is 16.5. The standard InChI is InChI=1S/C31H34O10/c1-36-23-8-7-16(29(39-4)31(23)41-6)10-20-25(17-9-19(14-33)28(38-3)24(12-17)37-2)26-21(27(20)35)11-18(13-32)22(15-34)30(26)40-5/h7-12,25,32-34H,13-15H2,1-6H3/b20-10-. The van der Waals surface area contributed by atoms with Gasteiger partial charge in [0, 0.05) is 39.3 Å². The lowest BCUT2D eigenvalue weighted by atomic mass is 9.85. The third-order valence-electron chi connectivity index (χ3n) is 7.28.